The number of ether oxygens (including phenoxy) is 1. The summed E-state index contributed by atoms with van der Waals surface area (Å²) in [5.41, 5.74) is 0.138. The maximum atomic E-state index is 12.1. The fourth-order valence-electron chi connectivity index (χ4n) is 1.87. The number of Topliss-reactive ketones (excluding diaryl/α,β-unsaturated/α-hetero) is 1. The molecular weight excluding hydrogens is 266 g/mol. The van der Waals surface area contributed by atoms with Crippen LogP contribution < -0.4 is 0 Å². The Bertz CT molecular complexity index is 475. The van der Waals surface area contributed by atoms with E-state index in [-0.39, 0.29) is 17.9 Å². The fourth-order valence-corrected chi connectivity index (χ4v) is 1.87. The first-order valence-corrected chi connectivity index (χ1v) is 7.28. The van der Waals surface area contributed by atoms with Gasteiger partial charge >= 0.3 is 6.09 Å². The molecule has 1 amide bonds. The SMILES string of the molecule is CC(C)N(CCC(=O)c1ccccc1)C(=O)OC(C)(C)C. The molecule has 1 rings (SSSR count). The molecule has 116 valence electrons. The Hall–Kier alpha value is -1.84. The van der Waals surface area contributed by atoms with Crippen LogP contribution in [0.15, 0.2) is 30.3 Å². The van der Waals surface area contributed by atoms with Crippen molar-refractivity contribution in [3.8, 4) is 0 Å². The summed E-state index contributed by atoms with van der Waals surface area (Å²) < 4.78 is 5.37. The first-order chi connectivity index (χ1) is 9.70. The average molecular weight is 291 g/mol. The number of carbonyl (C=O) groups is 2. The van der Waals surface area contributed by atoms with E-state index in [2.05, 4.69) is 0 Å². The van der Waals surface area contributed by atoms with Crippen molar-refractivity contribution in [1.29, 1.82) is 0 Å². The minimum absolute atomic E-state index is 0.0107. The monoisotopic (exact) mass is 291 g/mol. The summed E-state index contributed by atoms with van der Waals surface area (Å²) in [6.45, 7) is 9.68. The Labute approximate surface area is 127 Å². The first-order valence-electron chi connectivity index (χ1n) is 7.28. The van der Waals surface area contributed by atoms with E-state index in [0.717, 1.165) is 0 Å². The number of rotatable bonds is 5. The van der Waals surface area contributed by atoms with Crippen LogP contribution >= 0.6 is 0 Å². The van der Waals surface area contributed by atoms with Gasteiger partial charge in [-0.1, -0.05) is 30.3 Å². The molecule has 0 atom stereocenters. The Morgan fingerprint density at radius 1 is 1.14 bits per heavy atom. The summed E-state index contributed by atoms with van der Waals surface area (Å²) in [5.74, 6) is 0.0322. The van der Waals surface area contributed by atoms with Crippen molar-refractivity contribution in [3.63, 3.8) is 0 Å². The third-order valence-corrected chi connectivity index (χ3v) is 2.93. The van der Waals surface area contributed by atoms with Crippen LogP contribution in [0.1, 0.15) is 51.4 Å². The molecule has 0 fully saturated rings. The molecule has 0 spiro atoms. The van der Waals surface area contributed by atoms with Crippen molar-refractivity contribution < 1.29 is 14.3 Å². The minimum atomic E-state index is -0.534. The van der Waals surface area contributed by atoms with Gasteiger partial charge in [-0.15, -0.1) is 0 Å². The van der Waals surface area contributed by atoms with Crippen molar-refractivity contribution in [2.75, 3.05) is 6.54 Å². The third kappa shape index (κ3) is 5.98. The van der Waals surface area contributed by atoms with Gasteiger partial charge in [0.2, 0.25) is 0 Å². The Kier molecular flexibility index (Phi) is 5.94. The summed E-state index contributed by atoms with van der Waals surface area (Å²) in [7, 11) is 0. The standard InChI is InChI=1S/C17H25NO3/c1-13(2)18(16(20)21-17(3,4)5)12-11-15(19)14-9-7-6-8-10-14/h6-10,13H,11-12H2,1-5H3. The van der Waals surface area contributed by atoms with Crippen LogP contribution in [0, 0.1) is 0 Å². The van der Waals surface area contributed by atoms with Crippen molar-refractivity contribution in [2.24, 2.45) is 0 Å². The quantitative estimate of drug-likeness (QED) is 0.773. The van der Waals surface area contributed by atoms with Gasteiger partial charge in [-0.05, 0) is 34.6 Å². The van der Waals surface area contributed by atoms with E-state index < -0.39 is 5.60 Å². The van der Waals surface area contributed by atoms with E-state index in [1.807, 2.05) is 52.8 Å². The van der Waals surface area contributed by atoms with Crippen LogP contribution in [0.3, 0.4) is 0 Å². The van der Waals surface area contributed by atoms with Crippen molar-refractivity contribution in [3.05, 3.63) is 35.9 Å². The van der Waals surface area contributed by atoms with Crippen LogP contribution in [0.2, 0.25) is 0 Å². The maximum absolute atomic E-state index is 12.1. The van der Waals surface area contributed by atoms with E-state index in [0.29, 0.717) is 18.5 Å². The largest absolute Gasteiger partial charge is 0.444 e. The van der Waals surface area contributed by atoms with E-state index in [9.17, 15) is 9.59 Å². The molecule has 0 bridgehead atoms. The van der Waals surface area contributed by atoms with Gasteiger partial charge in [0.1, 0.15) is 5.60 Å². The number of hydrogen-bond acceptors (Lipinski definition) is 3. The lowest BCUT2D eigenvalue weighted by Gasteiger charge is -2.30. The van der Waals surface area contributed by atoms with E-state index in [4.69, 9.17) is 4.74 Å². The molecule has 0 radical (unpaired) electrons. The summed E-state index contributed by atoms with van der Waals surface area (Å²) in [4.78, 5) is 25.8. The minimum Gasteiger partial charge on any atom is -0.444 e. The molecule has 21 heavy (non-hydrogen) atoms. The van der Waals surface area contributed by atoms with Gasteiger partial charge in [0.25, 0.3) is 0 Å². The van der Waals surface area contributed by atoms with Crippen molar-refractivity contribution in [2.45, 2.75) is 52.7 Å². The second kappa shape index (κ2) is 7.25. The summed E-state index contributed by atoms with van der Waals surface area (Å²) >= 11 is 0. The van der Waals surface area contributed by atoms with Crippen LogP contribution in [0.25, 0.3) is 0 Å². The zero-order valence-electron chi connectivity index (χ0n) is 13.6. The summed E-state index contributed by atoms with van der Waals surface area (Å²) in [6.07, 6.45) is -0.0834. The number of nitrogens with zero attached hydrogens (tertiary/aromatic N) is 1. The molecule has 0 saturated heterocycles. The molecule has 1 aromatic carbocycles. The molecule has 4 heteroatoms. The van der Waals surface area contributed by atoms with Crippen LogP contribution in [-0.4, -0.2) is 35.0 Å². The summed E-state index contributed by atoms with van der Waals surface area (Å²) in [6, 6.07) is 9.11. The number of benzene rings is 1. The van der Waals surface area contributed by atoms with Crippen molar-refractivity contribution >= 4 is 11.9 Å². The molecule has 0 aliphatic carbocycles. The van der Waals surface area contributed by atoms with Gasteiger partial charge in [0.15, 0.2) is 5.78 Å². The van der Waals surface area contributed by atoms with Crippen molar-refractivity contribution in [1.82, 2.24) is 4.90 Å². The molecule has 0 aliphatic rings. The first kappa shape index (κ1) is 17.2. The molecule has 1 aromatic rings. The van der Waals surface area contributed by atoms with E-state index >= 15 is 0 Å². The van der Waals surface area contributed by atoms with Crippen LogP contribution in [0.5, 0.6) is 0 Å². The highest BCUT2D eigenvalue weighted by molar-refractivity contribution is 5.96. The number of ketones is 1. The molecule has 0 unspecified atom stereocenters. The lowest BCUT2D eigenvalue weighted by atomic mass is 10.1. The van der Waals surface area contributed by atoms with Gasteiger partial charge in [-0.25, -0.2) is 4.79 Å². The van der Waals surface area contributed by atoms with Gasteiger partial charge in [-0.3, -0.25) is 4.79 Å². The van der Waals surface area contributed by atoms with Gasteiger partial charge < -0.3 is 9.64 Å². The highest BCUT2D eigenvalue weighted by Crippen LogP contribution is 2.13. The molecule has 0 saturated carbocycles. The normalized spacial score (nSPS) is 11.3. The van der Waals surface area contributed by atoms with Gasteiger partial charge in [0, 0.05) is 24.6 Å². The molecule has 0 heterocycles. The van der Waals surface area contributed by atoms with Crippen LogP contribution in [-0.2, 0) is 4.74 Å². The maximum Gasteiger partial charge on any atom is 0.410 e. The smallest absolute Gasteiger partial charge is 0.410 e. The highest BCUT2D eigenvalue weighted by Gasteiger charge is 2.24. The zero-order valence-corrected chi connectivity index (χ0v) is 13.6. The second-order valence-electron chi connectivity index (χ2n) is 6.31. The summed E-state index contributed by atoms with van der Waals surface area (Å²) in [5, 5.41) is 0. The highest BCUT2D eigenvalue weighted by atomic mass is 16.6. The van der Waals surface area contributed by atoms with Crippen LogP contribution in [0.4, 0.5) is 4.79 Å². The fraction of sp³-hybridized carbons (Fsp3) is 0.529. The lowest BCUT2D eigenvalue weighted by molar-refractivity contribution is 0.0191. The molecular formula is C17H25NO3. The second-order valence-corrected chi connectivity index (χ2v) is 6.31. The lowest BCUT2D eigenvalue weighted by Crippen LogP contribution is -2.42. The molecule has 0 aliphatic heterocycles. The Morgan fingerprint density at radius 3 is 2.19 bits per heavy atom. The Balaban J connectivity index is 2.64. The predicted molar refractivity (Wildman–Crippen MR) is 83.5 cm³/mol. The third-order valence-electron chi connectivity index (χ3n) is 2.93. The molecule has 0 aromatic heterocycles. The predicted octanol–water partition coefficient (Wildman–Crippen LogP) is 3.90. The molecule has 0 N–H and O–H groups in total. The zero-order chi connectivity index (χ0) is 16.0. The number of amides is 1. The van der Waals surface area contributed by atoms with Gasteiger partial charge in [-0.2, -0.15) is 0 Å². The van der Waals surface area contributed by atoms with E-state index in [1.54, 1.807) is 17.0 Å². The topological polar surface area (TPSA) is 46.6 Å². The Morgan fingerprint density at radius 2 is 1.71 bits per heavy atom. The van der Waals surface area contributed by atoms with E-state index in [1.165, 1.54) is 0 Å². The van der Waals surface area contributed by atoms with Gasteiger partial charge in [0.05, 0.1) is 0 Å². The molecule has 4 nitrogen and oxygen atoms in total. The number of hydrogen-bond donors (Lipinski definition) is 0. The number of carbonyl (C=O) groups excluding carboxylic acids is 2. The average Bonchev–Trinajstić information content (AvgIpc) is 2.37.